The average Bonchev–Trinajstić information content (AvgIpc) is 2.17. The lowest BCUT2D eigenvalue weighted by Gasteiger charge is -2.14. The molecule has 0 radical (unpaired) electrons. The van der Waals surface area contributed by atoms with Gasteiger partial charge in [0.25, 0.3) is 0 Å². The van der Waals surface area contributed by atoms with E-state index in [0.29, 0.717) is 11.3 Å². The van der Waals surface area contributed by atoms with Crippen LogP contribution >= 0.6 is 0 Å². The third-order valence-corrected chi connectivity index (χ3v) is 2.31. The zero-order valence-electron chi connectivity index (χ0n) is 8.86. The lowest BCUT2D eigenvalue weighted by Crippen LogP contribution is -2.08. The Labute approximate surface area is 88.7 Å². The van der Waals surface area contributed by atoms with Crippen molar-refractivity contribution in [3.8, 4) is 5.75 Å². The van der Waals surface area contributed by atoms with Gasteiger partial charge in [0.2, 0.25) is 0 Å². The van der Waals surface area contributed by atoms with Gasteiger partial charge in [-0.05, 0) is 18.1 Å². The van der Waals surface area contributed by atoms with Gasteiger partial charge in [-0.3, -0.25) is 4.79 Å². The molecule has 82 valence electrons. The van der Waals surface area contributed by atoms with Crippen LogP contribution in [0.1, 0.15) is 24.8 Å². The van der Waals surface area contributed by atoms with Crippen molar-refractivity contribution >= 4 is 11.7 Å². The number of anilines is 1. The molecule has 4 heteroatoms. The summed E-state index contributed by atoms with van der Waals surface area (Å²) in [6.07, 6.45) is 0.207. The molecule has 0 spiro atoms. The monoisotopic (exact) mass is 209 g/mol. The molecule has 15 heavy (non-hydrogen) atoms. The quantitative estimate of drug-likeness (QED) is 0.586. The Morgan fingerprint density at radius 2 is 2.27 bits per heavy atom. The van der Waals surface area contributed by atoms with E-state index in [1.54, 1.807) is 18.2 Å². The summed E-state index contributed by atoms with van der Waals surface area (Å²) in [6.45, 7) is 1.82. The first-order valence-corrected chi connectivity index (χ1v) is 4.70. The van der Waals surface area contributed by atoms with Crippen LogP contribution in [0.15, 0.2) is 18.2 Å². The van der Waals surface area contributed by atoms with Gasteiger partial charge in [0, 0.05) is 11.3 Å². The molecule has 0 aromatic heterocycles. The number of hydrogen-bond donors (Lipinski definition) is 2. The highest BCUT2D eigenvalue weighted by molar-refractivity contribution is 5.71. The predicted octanol–water partition coefficient (Wildman–Crippen LogP) is 1.64. The molecule has 1 aromatic rings. The fraction of sp³-hybridized carbons (Fsp3) is 0.364. The molecule has 0 saturated heterocycles. The SMILES string of the molecule is COC(=O)CC(C)c1c(N)cccc1O. The molecular formula is C11H15NO3. The number of ether oxygens (including phenoxy) is 1. The molecule has 0 fully saturated rings. The Morgan fingerprint density at radius 3 is 2.80 bits per heavy atom. The van der Waals surface area contributed by atoms with E-state index in [4.69, 9.17) is 5.73 Å². The van der Waals surface area contributed by atoms with Gasteiger partial charge in [-0.2, -0.15) is 0 Å². The van der Waals surface area contributed by atoms with E-state index in [1.807, 2.05) is 6.92 Å². The Hall–Kier alpha value is -1.71. The number of nitrogens with two attached hydrogens (primary N) is 1. The molecule has 0 amide bonds. The highest BCUT2D eigenvalue weighted by Gasteiger charge is 2.17. The summed E-state index contributed by atoms with van der Waals surface area (Å²) in [5.41, 5.74) is 6.82. The van der Waals surface area contributed by atoms with E-state index in [0.717, 1.165) is 0 Å². The zero-order chi connectivity index (χ0) is 11.4. The van der Waals surface area contributed by atoms with Crippen molar-refractivity contribution < 1.29 is 14.6 Å². The molecule has 0 aliphatic rings. The van der Waals surface area contributed by atoms with E-state index < -0.39 is 0 Å². The number of nitrogen functional groups attached to an aromatic ring is 1. The Morgan fingerprint density at radius 1 is 1.60 bits per heavy atom. The summed E-state index contributed by atoms with van der Waals surface area (Å²) in [5, 5.41) is 9.62. The first-order chi connectivity index (χ1) is 7.06. The van der Waals surface area contributed by atoms with Crippen LogP contribution in [0.2, 0.25) is 0 Å². The molecule has 4 nitrogen and oxygen atoms in total. The van der Waals surface area contributed by atoms with Gasteiger partial charge >= 0.3 is 5.97 Å². The smallest absolute Gasteiger partial charge is 0.306 e. The molecule has 1 unspecified atom stereocenters. The lowest BCUT2D eigenvalue weighted by molar-refractivity contribution is -0.140. The normalized spacial score (nSPS) is 12.1. The number of carbonyl (C=O) groups excluding carboxylic acids is 1. The number of esters is 1. The molecule has 0 saturated carbocycles. The van der Waals surface area contributed by atoms with Crippen LogP contribution in [0.5, 0.6) is 5.75 Å². The van der Waals surface area contributed by atoms with Gasteiger partial charge in [-0.25, -0.2) is 0 Å². The van der Waals surface area contributed by atoms with Gasteiger partial charge in [0.15, 0.2) is 0 Å². The van der Waals surface area contributed by atoms with E-state index in [2.05, 4.69) is 4.74 Å². The maximum Gasteiger partial charge on any atom is 0.306 e. The van der Waals surface area contributed by atoms with Crippen molar-refractivity contribution in [1.29, 1.82) is 0 Å². The third-order valence-electron chi connectivity index (χ3n) is 2.31. The number of aromatic hydroxyl groups is 1. The minimum absolute atomic E-state index is 0.117. The van der Waals surface area contributed by atoms with Gasteiger partial charge in [-0.15, -0.1) is 0 Å². The van der Waals surface area contributed by atoms with Gasteiger partial charge in [0.1, 0.15) is 5.75 Å². The van der Waals surface area contributed by atoms with Crippen molar-refractivity contribution in [2.45, 2.75) is 19.3 Å². The minimum atomic E-state index is -0.315. The van der Waals surface area contributed by atoms with Crippen LogP contribution in [-0.4, -0.2) is 18.2 Å². The van der Waals surface area contributed by atoms with Crippen LogP contribution < -0.4 is 5.73 Å². The maximum atomic E-state index is 11.1. The molecule has 1 aromatic carbocycles. The van der Waals surface area contributed by atoms with Crippen LogP contribution in [0.25, 0.3) is 0 Å². The van der Waals surface area contributed by atoms with Gasteiger partial charge in [-0.1, -0.05) is 13.0 Å². The number of carbonyl (C=O) groups is 1. The second kappa shape index (κ2) is 4.68. The van der Waals surface area contributed by atoms with E-state index in [9.17, 15) is 9.90 Å². The summed E-state index contributed by atoms with van der Waals surface area (Å²) in [4.78, 5) is 11.1. The lowest BCUT2D eigenvalue weighted by atomic mass is 9.95. The molecule has 0 aliphatic carbocycles. The second-order valence-electron chi connectivity index (χ2n) is 3.46. The van der Waals surface area contributed by atoms with Gasteiger partial charge in [0.05, 0.1) is 13.5 Å². The molecule has 0 heterocycles. The first kappa shape index (κ1) is 11.4. The van der Waals surface area contributed by atoms with Crippen LogP contribution in [-0.2, 0) is 9.53 Å². The number of hydrogen-bond acceptors (Lipinski definition) is 4. The summed E-state index contributed by atoms with van der Waals surface area (Å²) in [6, 6.07) is 4.92. The third kappa shape index (κ3) is 2.62. The highest BCUT2D eigenvalue weighted by atomic mass is 16.5. The Bertz CT molecular complexity index is 343. The molecule has 1 atom stereocenters. The maximum absolute atomic E-state index is 11.1. The fourth-order valence-electron chi connectivity index (χ4n) is 1.54. The van der Waals surface area contributed by atoms with Crippen LogP contribution in [0.3, 0.4) is 0 Å². The highest BCUT2D eigenvalue weighted by Crippen LogP contribution is 2.32. The Kier molecular flexibility index (Phi) is 3.55. The van der Waals surface area contributed by atoms with Crippen molar-refractivity contribution in [2.24, 2.45) is 0 Å². The van der Waals surface area contributed by atoms with Crippen LogP contribution in [0, 0.1) is 0 Å². The minimum Gasteiger partial charge on any atom is -0.508 e. The largest absolute Gasteiger partial charge is 0.508 e. The predicted molar refractivity (Wildman–Crippen MR) is 57.6 cm³/mol. The van der Waals surface area contributed by atoms with Crippen molar-refractivity contribution in [1.82, 2.24) is 0 Å². The number of methoxy groups -OCH3 is 1. The molecule has 0 aliphatic heterocycles. The topological polar surface area (TPSA) is 72.5 Å². The number of benzene rings is 1. The van der Waals surface area contributed by atoms with Crippen molar-refractivity contribution in [2.75, 3.05) is 12.8 Å². The van der Waals surface area contributed by atoms with E-state index >= 15 is 0 Å². The van der Waals surface area contributed by atoms with Crippen LogP contribution in [0.4, 0.5) is 5.69 Å². The average molecular weight is 209 g/mol. The Balaban J connectivity index is 2.90. The molecule has 1 rings (SSSR count). The first-order valence-electron chi connectivity index (χ1n) is 4.70. The van der Waals surface area contributed by atoms with E-state index in [1.165, 1.54) is 7.11 Å². The van der Waals surface area contributed by atoms with Crippen molar-refractivity contribution in [3.05, 3.63) is 23.8 Å². The van der Waals surface area contributed by atoms with E-state index in [-0.39, 0.29) is 24.1 Å². The van der Waals surface area contributed by atoms with Gasteiger partial charge < -0.3 is 15.6 Å². The summed E-state index contributed by atoms with van der Waals surface area (Å²) < 4.78 is 4.56. The number of phenols is 1. The second-order valence-corrected chi connectivity index (χ2v) is 3.46. The fourth-order valence-corrected chi connectivity index (χ4v) is 1.54. The number of rotatable bonds is 3. The van der Waals surface area contributed by atoms with Crippen molar-refractivity contribution in [3.63, 3.8) is 0 Å². The summed E-state index contributed by atoms with van der Waals surface area (Å²) in [5.74, 6) is -0.352. The summed E-state index contributed by atoms with van der Waals surface area (Å²) >= 11 is 0. The molecule has 0 bridgehead atoms. The standard InChI is InChI=1S/C11H15NO3/c1-7(6-10(14)15-2)11-8(12)4-3-5-9(11)13/h3-5,7,13H,6,12H2,1-2H3. The zero-order valence-corrected chi connectivity index (χ0v) is 8.86. The number of phenolic OH excluding ortho intramolecular Hbond substituents is 1. The molecular weight excluding hydrogens is 194 g/mol. The summed E-state index contributed by atoms with van der Waals surface area (Å²) in [7, 11) is 1.34. The molecule has 3 N–H and O–H groups in total.